The summed E-state index contributed by atoms with van der Waals surface area (Å²) in [7, 11) is 1.71. The number of aryl methyl sites for hydroxylation is 1. The number of nitrogens with zero attached hydrogens (tertiary/aromatic N) is 3. The standard InChI is InChI=1S/C20H27N3O2/c1-17(24)20-8-4-10-23(20)11-5-9-21-12-14-22(15-13-21)18-6-3-7-19(16-18)25-2/h3-4,6-8,10,16H,5,9,11-15H2,1-2H3. The maximum Gasteiger partial charge on any atom is 0.176 e. The number of rotatable bonds is 7. The minimum absolute atomic E-state index is 0.136. The van der Waals surface area contributed by atoms with Gasteiger partial charge in [0.05, 0.1) is 12.8 Å². The Balaban J connectivity index is 1.45. The third-order valence-electron chi connectivity index (χ3n) is 4.85. The molecule has 2 aromatic rings. The number of methoxy groups -OCH3 is 1. The Morgan fingerprint density at radius 1 is 1.08 bits per heavy atom. The van der Waals surface area contributed by atoms with E-state index in [2.05, 4.69) is 26.5 Å². The normalized spacial score (nSPS) is 15.4. The van der Waals surface area contributed by atoms with Gasteiger partial charge in [0.15, 0.2) is 5.78 Å². The summed E-state index contributed by atoms with van der Waals surface area (Å²) in [5.74, 6) is 1.05. The van der Waals surface area contributed by atoms with Crippen LogP contribution < -0.4 is 9.64 Å². The number of benzene rings is 1. The van der Waals surface area contributed by atoms with Crippen molar-refractivity contribution in [1.29, 1.82) is 0 Å². The van der Waals surface area contributed by atoms with Crippen molar-refractivity contribution in [3.05, 3.63) is 48.3 Å². The van der Waals surface area contributed by atoms with Crippen LogP contribution in [0, 0.1) is 0 Å². The molecule has 5 heteroatoms. The van der Waals surface area contributed by atoms with E-state index in [1.54, 1.807) is 14.0 Å². The molecule has 1 aromatic carbocycles. The second kappa shape index (κ2) is 8.21. The fourth-order valence-corrected chi connectivity index (χ4v) is 3.43. The fourth-order valence-electron chi connectivity index (χ4n) is 3.43. The van der Waals surface area contributed by atoms with E-state index in [0.29, 0.717) is 0 Å². The molecule has 0 aliphatic carbocycles. The van der Waals surface area contributed by atoms with Gasteiger partial charge >= 0.3 is 0 Å². The van der Waals surface area contributed by atoms with E-state index in [9.17, 15) is 4.79 Å². The lowest BCUT2D eigenvalue weighted by Crippen LogP contribution is -2.46. The molecule has 25 heavy (non-hydrogen) atoms. The van der Waals surface area contributed by atoms with Crippen molar-refractivity contribution in [3.63, 3.8) is 0 Å². The molecule has 5 nitrogen and oxygen atoms in total. The molecule has 0 radical (unpaired) electrons. The van der Waals surface area contributed by atoms with E-state index >= 15 is 0 Å². The van der Waals surface area contributed by atoms with Crippen molar-refractivity contribution in [2.24, 2.45) is 0 Å². The molecule has 1 saturated heterocycles. The molecule has 0 bridgehead atoms. The van der Waals surface area contributed by atoms with Crippen molar-refractivity contribution in [1.82, 2.24) is 9.47 Å². The molecular weight excluding hydrogens is 314 g/mol. The van der Waals surface area contributed by atoms with Crippen LogP contribution in [0.15, 0.2) is 42.6 Å². The minimum atomic E-state index is 0.136. The van der Waals surface area contributed by atoms with E-state index in [1.165, 1.54) is 5.69 Å². The van der Waals surface area contributed by atoms with Crippen LogP contribution in [0.2, 0.25) is 0 Å². The van der Waals surface area contributed by atoms with Gasteiger partial charge in [0.1, 0.15) is 5.75 Å². The number of ketones is 1. The van der Waals surface area contributed by atoms with Crippen LogP contribution in [0.1, 0.15) is 23.8 Å². The summed E-state index contributed by atoms with van der Waals surface area (Å²) in [4.78, 5) is 16.5. The van der Waals surface area contributed by atoms with Crippen molar-refractivity contribution in [2.75, 3.05) is 44.7 Å². The summed E-state index contributed by atoms with van der Waals surface area (Å²) in [6.45, 7) is 7.82. The molecule has 1 fully saturated rings. The summed E-state index contributed by atoms with van der Waals surface area (Å²) in [6, 6.07) is 12.1. The number of hydrogen-bond acceptors (Lipinski definition) is 4. The van der Waals surface area contributed by atoms with Crippen molar-refractivity contribution in [2.45, 2.75) is 19.9 Å². The molecule has 0 unspecified atom stereocenters. The van der Waals surface area contributed by atoms with E-state index in [0.717, 1.165) is 57.1 Å². The summed E-state index contributed by atoms with van der Waals surface area (Å²) in [6.07, 6.45) is 3.06. The lowest BCUT2D eigenvalue weighted by molar-refractivity contribution is 0.100. The second-order valence-electron chi connectivity index (χ2n) is 6.53. The topological polar surface area (TPSA) is 37.7 Å². The average Bonchev–Trinajstić information content (AvgIpc) is 3.11. The van der Waals surface area contributed by atoms with Gasteiger partial charge in [-0.05, 0) is 37.2 Å². The van der Waals surface area contributed by atoms with Gasteiger partial charge in [0, 0.05) is 57.6 Å². The van der Waals surface area contributed by atoms with E-state index in [4.69, 9.17) is 4.74 Å². The Morgan fingerprint density at radius 2 is 1.88 bits per heavy atom. The Bertz CT molecular complexity index is 702. The molecule has 2 heterocycles. The Morgan fingerprint density at radius 3 is 2.60 bits per heavy atom. The van der Waals surface area contributed by atoms with Crippen molar-refractivity contribution >= 4 is 11.5 Å². The molecule has 1 aromatic heterocycles. The van der Waals surface area contributed by atoms with Gasteiger partial charge in [-0.1, -0.05) is 6.07 Å². The smallest absolute Gasteiger partial charge is 0.176 e. The summed E-state index contributed by atoms with van der Waals surface area (Å²) in [5.41, 5.74) is 2.04. The minimum Gasteiger partial charge on any atom is -0.497 e. The van der Waals surface area contributed by atoms with Gasteiger partial charge in [-0.3, -0.25) is 9.69 Å². The third kappa shape index (κ3) is 4.42. The molecule has 1 aliphatic rings. The molecule has 0 atom stereocenters. The van der Waals surface area contributed by atoms with Crippen LogP contribution in [-0.2, 0) is 6.54 Å². The van der Waals surface area contributed by atoms with E-state index in [1.807, 2.05) is 30.5 Å². The number of carbonyl (C=O) groups excluding carboxylic acids is 1. The molecule has 3 rings (SSSR count). The van der Waals surface area contributed by atoms with Crippen LogP contribution in [0.25, 0.3) is 0 Å². The number of Topliss-reactive ketones (excluding diaryl/α,β-unsaturated/α-hetero) is 1. The molecule has 0 saturated carbocycles. The highest BCUT2D eigenvalue weighted by Gasteiger charge is 2.17. The SMILES string of the molecule is COc1cccc(N2CCN(CCCn3cccc3C(C)=O)CC2)c1. The van der Waals surface area contributed by atoms with Gasteiger partial charge in [-0.15, -0.1) is 0 Å². The number of ether oxygens (including phenoxy) is 1. The first kappa shape index (κ1) is 17.5. The van der Waals surface area contributed by atoms with E-state index < -0.39 is 0 Å². The first-order valence-electron chi connectivity index (χ1n) is 8.95. The first-order chi connectivity index (χ1) is 12.2. The maximum absolute atomic E-state index is 11.6. The lowest BCUT2D eigenvalue weighted by atomic mass is 10.2. The molecular formula is C20H27N3O2. The van der Waals surface area contributed by atoms with Gasteiger partial charge in [-0.2, -0.15) is 0 Å². The molecule has 134 valence electrons. The average molecular weight is 341 g/mol. The monoisotopic (exact) mass is 341 g/mol. The number of piperazine rings is 1. The number of carbonyl (C=O) groups is 1. The van der Waals surface area contributed by atoms with Gasteiger partial charge < -0.3 is 14.2 Å². The maximum atomic E-state index is 11.6. The number of aromatic nitrogens is 1. The lowest BCUT2D eigenvalue weighted by Gasteiger charge is -2.36. The second-order valence-corrected chi connectivity index (χ2v) is 6.53. The predicted octanol–water partition coefficient (Wildman–Crippen LogP) is 2.91. The fraction of sp³-hybridized carbons (Fsp3) is 0.450. The van der Waals surface area contributed by atoms with Crippen molar-refractivity contribution < 1.29 is 9.53 Å². The third-order valence-corrected chi connectivity index (χ3v) is 4.85. The van der Waals surface area contributed by atoms with Crippen LogP contribution in [0.4, 0.5) is 5.69 Å². The Labute approximate surface area is 149 Å². The Hall–Kier alpha value is -2.27. The molecule has 0 spiro atoms. The number of anilines is 1. The molecule has 0 amide bonds. The Kier molecular flexibility index (Phi) is 5.76. The molecule has 1 aliphatic heterocycles. The van der Waals surface area contributed by atoms with Gasteiger partial charge in [0.2, 0.25) is 0 Å². The zero-order valence-corrected chi connectivity index (χ0v) is 15.1. The van der Waals surface area contributed by atoms with Crippen molar-refractivity contribution in [3.8, 4) is 5.75 Å². The largest absolute Gasteiger partial charge is 0.497 e. The first-order valence-corrected chi connectivity index (χ1v) is 8.95. The highest BCUT2D eigenvalue weighted by atomic mass is 16.5. The van der Waals surface area contributed by atoms with Crippen LogP contribution in [0.5, 0.6) is 5.75 Å². The summed E-state index contributed by atoms with van der Waals surface area (Å²) < 4.78 is 7.38. The predicted molar refractivity (Wildman–Crippen MR) is 101 cm³/mol. The molecule has 0 N–H and O–H groups in total. The highest BCUT2D eigenvalue weighted by Crippen LogP contribution is 2.22. The highest BCUT2D eigenvalue weighted by molar-refractivity contribution is 5.92. The number of hydrogen-bond donors (Lipinski definition) is 0. The zero-order chi connectivity index (χ0) is 17.6. The zero-order valence-electron chi connectivity index (χ0n) is 15.1. The van der Waals surface area contributed by atoms with Crippen LogP contribution in [0.3, 0.4) is 0 Å². The van der Waals surface area contributed by atoms with E-state index in [-0.39, 0.29) is 5.78 Å². The summed E-state index contributed by atoms with van der Waals surface area (Å²) >= 11 is 0. The summed E-state index contributed by atoms with van der Waals surface area (Å²) in [5, 5.41) is 0. The van der Waals surface area contributed by atoms with Crippen LogP contribution >= 0.6 is 0 Å². The quantitative estimate of drug-likeness (QED) is 0.726. The van der Waals surface area contributed by atoms with Gasteiger partial charge in [0.25, 0.3) is 0 Å². The van der Waals surface area contributed by atoms with Gasteiger partial charge in [-0.25, -0.2) is 0 Å². The van der Waals surface area contributed by atoms with Crippen LogP contribution in [-0.4, -0.2) is 55.1 Å².